The number of hydrogen-bond acceptors (Lipinski definition) is 4. The first-order chi connectivity index (χ1) is 8.86. The lowest BCUT2D eigenvalue weighted by Gasteiger charge is -2.33. The van der Waals surface area contributed by atoms with E-state index < -0.39 is 21.2 Å². The van der Waals surface area contributed by atoms with Crippen molar-refractivity contribution in [2.45, 2.75) is 23.2 Å². The molecular weight excluding hydrogens is 268 g/mol. The first kappa shape index (κ1) is 14.0. The third kappa shape index (κ3) is 2.64. The number of carbonyl (C=O) groups is 1. The zero-order valence-corrected chi connectivity index (χ0v) is 11.4. The molecule has 0 radical (unpaired) electrons. The van der Waals surface area contributed by atoms with Gasteiger partial charge in [-0.05, 0) is 30.5 Å². The summed E-state index contributed by atoms with van der Waals surface area (Å²) in [4.78, 5) is 11.8. The van der Waals surface area contributed by atoms with Crippen LogP contribution in [0, 0.1) is 0 Å². The minimum atomic E-state index is -3.34. The average molecular weight is 284 g/mol. The van der Waals surface area contributed by atoms with E-state index in [4.69, 9.17) is 4.74 Å². The van der Waals surface area contributed by atoms with Gasteiger partial charge in [-0.15, -0.1) is 0 Å². The predicted molar refractivity (Wildman–Crippen MR) is 68.9 cm³/mol. The molecule has 0 atom stereocenters. The van der Waals surface area contributed by atoms with E-state index in [9.17, 15) is 18.3 Å². The fourth-order valence-corrected chi connectivity index (χ4v) is 3.04. The van der Waals surface area contributed by atoms with Crippen molar-refractivity contribution < 1.29 is 23.1 Å². The van der Waals surface area contributed by atoms with Crippen LogP contribution in [0.5, 0.6) is 0 Å². The van der Waals surface area contributed by atoms with Gasteiger partial charge in [-0.3, -0.25) is 4.79 Å². The van der Waals surface area contributed by atoms with Gasteiger partial charge < -0.3 is 9.84 Å². The zero-order chi connectivity index (χ0) is 14.1. The van der Waals surface area contributed by atoms with Crippen LogP contribution >= 0.6 is 0 Å². The molecule has 19 heavy (non-hydrogen) atoms. The van der Waals surface area contributed by atoms with E-state index in [0.29, 0.717) is 31.6 Å². The molecule has 1 aromatic rings. The van der Waals surface area contributed by atoms with Gasteiger partial charge in [0.1, 0.15) is 0 Å². The van der Waals surface area contributed by atoms with Crippen LogP contribution in [0.15, 0.2) is 29.2 Å². The predicted octanol–water partition coefficient (Wildman–Crippen LogP) is 1.22. The maximum Gasteiger partial charge on any atom is 0.314 e. The Kier molecular flexibility index (Phi) is 3.64. The number of rotatable bonds is 3. The third-order valence-corrected chi connectivity index (χ3v) is 4.68. The monoisotopic (exact) mass is 284 g/mol. The highest BCUT2D eigenvalue weighted by Crippen LogP contribution is 2.36. The van der Waals surface area contributed by atoms with Crippen molar-refractivity contribution >= 4 is 15.8 Å². The average Bonchev–Trinajstić information content (AvgIpc) is 2.38. The Morgan fingerprint density at radius 2 is 1.95 bits per heavy atom. The second-order valence-corrected chi connectivity index (χ2v) is 6.82. The van der Waals surface area contributed by atoms with Gasteiger partial charge in [0.15, 0.2) is 9.84 Å². The molecule has 1 heterocycles. The van der Waals surface area contributed by atoms with Crippen molar-refractivity contribution in [2.24, 2.45) is 0 Å². The summed E-state index contributed by atoms with van der Waals surface area (Å²) in [7, 11) is -3.34. The molecule has 0 aromatic heterocycles. The summed E-state index contributed by atoms with van der Waals surface area (Å²) in [5.74, 6) is -0.929. The molecule has 1 aliphatic rings. The highest BCUT2D eigenvalue weighted by molar-refractivity contribution is 7.90. The molecule has 0 unspecified atom stereocenters. The molecule has 6 heteroatoms. The summed E-state index contributed by atoms with van der Waals surface area (Å²) in [5, 5.41) is 9.53. The summed E-state index contributed by atoms with van der Waals surface area (Å²) in [5.41, 5.74) is -0.509. The minimum Gasteiger partial charge on any atom is -0.481 e. The van der Waals surface area contributed by atoms with Gasteiger partial charge in [0, 0.05) is 19.5 Å². The first-order valence-electron chi connectivity index (χ1n) is 5.98. The first-order valence-corrected chi connectivity index (χ1v) is 7.87. The molecule has 0 spiro atoms. The van der Waals surface area contributed by atoms with Crippen LogP contribution in [-0.2, 0) is 24.8 Å². The molecule has 0 saturated carbocycles. The largest absolute Gasteiger partial charge is 0.481 e. The highest BCUT2D eigenvalue weighted by Gasteiger charge is 2.42. The summed E-state index contributed by atoms with van der Waals surface area (Å²) in [6, 6.07) is 6.21. The van der Waals surface area contributed by atoms with Gasteiger partial charge in [0.2, 0.25) is 0 Å². The highest BCUT2D eigenvalue weighted by atomic mass is 32.2. The van der Waals surface area contributed by atoms with Crippen molar-refractivity contribution in [3.05, 3.63) is 29.8 Å². The van der Waals surface area contributed by atoms with E-state index in [1.807, 2.05) is 0 Å². The maximum absolute atomic E-state index is 11.6. The SMILES string of the molecule is CS(=O)(=O)c1cccc(C2(C(=O)O)CCOCC2)c1. The lowest BCUT2D eigenvalue weighted by atomic mass is 9.74. The van der Waals surface area contributed by atoms with E-state index in [2.05, 4.69) is 0 Å². The second kappa shape index (κ2) is 4.94. The van der Waals surface area contributed by atoms with Crippen LogP contribution in [0.3, 0.4) is 0 Å². The third-order valence-electron chi connectivity index (χ3n) is 3.57. The quantitative estimate of drug-likeness (QED) is 0.902. The molecule has 1 aromatic carbocycles. The van der Waals surface area contributed by atoms with Crippen molar-refractivity contribution in [1.29, 1.82) is 0 Å². The van der Waals surface area contributed by atoms with E-state index >= 15 is 0 Å². The molecule has 1 saturated heterocycles. The molecule has 0 amide bonds. The van der Waals surface area contributed by atoms with Crippen LogP contribution < -0.4 is 0 Å². The minimum absolute atomic E-state index is 0.150. The van der Waals surface area contributed by atoms with Gasteiger partial charge in [-0.25, -0.2) is 8.42 Å². The van der Waals surface area contributed by atoms with Crippen molar-refractivity contribution in [1.82, 2.24) is 0 Å². The molecule has 5 nitrogen and oxygen atoms in total. The number of ether oxygens (including phenoxy) is 1. The Labute approximate surface area is 112 Å². The normalized spacial score (nSPS) is 19.0. The molecular formula is C13H16O5S. The summed E-state index contributed by atoms with van der Waals surface area (Å²) >= 11 is 0. The number of sulfone groups is 1. The Hall–Kier alpha value is -1.40. The zero-order valence-electron chi connectivity index (χ0n) is 10.6. The Bertz CT molecular complexity index is 585. The Balaban J connectivity index is 2.52. The summed E-state index contributed by atoms with van der Waals surface area (Å²) < 4.78 is 28.4. The molecule has 0 aliphatic carbocycles. The number of hydrogen-bond donors (Lipinski definition) is 1. The second-order valence-electron chi connectivity index (χ2n) is 4.80. The van der Waals surface area contributed by atoms with Crippen LogP contribution in [0.1, 0.15) is 18.4 Å². The molecule has 0 bridgehead atoms. The van der Waals surface area contributed by atoms with Crippen LogP contribution in [0.25, 0.3) is 0 Å². The van der Waals surface area contributed by atoms with Crippen LogP contribution in [-0.4, -0.2) is 39.0 Å². The van der Waals surface area contributed by atoms with E-state index in [1.54, 1.807) is 12.1 Å². The van der Waals surface area contributed by atoms with Gasteiger partial charge in [0.25, 0.3) is 0 Å². The summed E-state index contributed by atoms with van der Waals surface area (Å²) in [6.07, 6.45) is 1.83. The molecule has 1 fully saturated rings. The topological polar surface area (TPSA) is 80.7 Å². The van der Waals surface area contributed by atoms with E-state index in [0.717, 1.165) is 6.26 Å². The number of carboxylic acid groups (broad SMARTS) is 1. The van der Waals surface area contributed by atoms with Gasteiger partial charge in [-0.1, -0.05) is 12.1 Å². The smallest absolute Gasteiger partial charge is 0.314 e. The lowest BCUT2D eigenvalue weighted by Crippen LogP contribution is -2.41. The summed E-state index contributed by atoms with van der Waals surface area (Å²) in [6.45, 7) is 0.741. The molecule has 104 valence electrons. The molecule has 1 aliphatic heterocycles. The maximum atomic E-state index is 11.6. The van der Waals surface area contributed by atoms with Crippen LogP contribution in [0.4, 0.5) is 0 Å². The van der Waals surface area contributed by atoms with Gasteiger partial charge >= 0.3 is 5.97 Å². The fraction of sp³-hybridized carbons (Fsp3) is 0.462. The van der Waals surface area contributed by atoms with Gasteiger partial charge in [0.05, 0.1) is 10.3 Å². The number of aliphatic carboxylic acids is 1. The van der Waals surface area contributed by atoms with E-state index in [1.165, 1.54) is 12.1 Å². The Morgan fingerprint density at radius 3 is 2.47 bits per heavy atom. The van der Waals surface area contributed by atoms with Gasteiger partial charge in [-0.2, -0.15) is 0 Å². The fourth-order valence-electron chi connectivity index (χ4n) is 2.37. The van der Waals surface area contributed by atoms with Crippen molar-refractivity contribution in [3.8, 4) is 0 Å². The molecule has 1 N–H and O–H groups in total. The standard InChI is InChI=1S/C13H16O5S/c1-19(16,17)11-4-2-3-10(9-11)13(12(14)15)5-7-18-8-6-13/h2-4,9H,5-8H2,1H3,(H,14,15). The van der Waals surface area contributed by atoms with Crippen molar-refractivity contribution in [2.75, 3.05) is 19.5 Å². The van der Waals surface area contributed by atoms with Crippen molar-refractivity contribution in [3.63, 3.8) is 0 Å². The number of carboxylic acids is 1. The number of benzene rings is 1. The van der Waals surface area contributed by atoms with Crippen LogP contribution in [0.2, 0.25) is 0 Å². The lowest BCUT2D eigenvalue weighted by molar-refractivity contribution is -0.147. The Morgan fingerprint density at radius 1 is 1.32 bits per heavy atom. The molecule has 2 rings (SSSR count). The van der Waals surface area contributed by atoms with E-state index in [-0.39, 0.29) is 4.90 Å².